The molecule has 0 atom stereocenters. The van der Waals surface area contributed by atoms with Crippen LogP contribution in [0.1, 0.15) is 64.1 Å². The number of rotatable bonds is 7. The number of hydrogen-bond acceptors (Lipinski definition) is 6. The van der Waals surface area contributed by atoms with Gasteiger partial charge in [0.15, 0.2) is 0 Å². The Morgan fingerprint density at radius 1 is 1.12 bits per heavy atom. The van der Waals surface area contributed by atoms with Crippen molar-refractivity contribution in [3.63, 3.8) is 0 Å². The maximum Gasteiger partial charge on any atom is 0.272 e. The maximum absolute atomic E-state index is 13.0. The van der Waals surface area contributed by atoms with Crippen molar-refractivity contribution < 1.29 is 4.79 Å². The summed E-state index contributed by atoms with van der Waals surface area (Å²) >= 11 is 1.46. The molecule has 5 rings (SSSR count). The number of nitrogens with zero attached hydrogens (tertiary/aromatic N) is 6. The lowest BCUT2D eigenvalue weighted by atomic mass is 9.94. The Morgan fingerprint density at radius 3 is 2.67 bits per heavy atom. The lowest BCUT2D eigenvalue weighted by Crippen LogP contribution is -2.52. The molecule has 2 fully saturated rings. The normalized spacial score (nSPS) is 18.5. The summed E-state index contributed by atoms with van der Waals surface area (Å²) in [5.74, 6) is 1.53. The van der Waals surface area contributed by atoms with Crippen molar-refractivity contribution >= 4 is 33.2 Å². The zero-order valence-electron chi connectivity index (χ0n) is 19.5. The van der Waals surface area contributed by atoms with Gasteiger partial charge in [-0.05, 0) is 30.7 Å². The molecule has 1 aliphatic heterocycles. The fourth-order valence-electron chi connectivity index (χ4n) is 5.42. The molecule has 0 radical (unpaired) electrons. The molecule has 1 saturated heterocycles. The molecule has 2 aliphatic rings. The van der Waals surface area contributed by atoms with Crippen LogP contribution in [0, 0.1) is 0 Å². The first-order valence-electron chi connectivity index (χ1n) is 12.5. The minimum Gasteiger partial charge on any atom is -0.340 e. The first kappa shape index (κ1) is 22.5. The Bertz CT molecular complexity index is 1170. The molecule has 9 heteroatoms. The minimum atomic E-state index is 0.00631. The highest BCUT2D eigenvalue weighted by atomic mass is 32.1. The van der Waals surface area contributed by atoms with Crippen molar-refractivity contribution in [3.05, 3.63) is 27.6 Å². The van der Waals surface area contributed by atoms with E-state index in [9.17, 15) is 9.59 Å². The Morgan fingerprint density at radius 2 is 1.91 bits per heavy atom. The molecule has 0 N–H and O–H groups in total. The zero-order valence-corrected chi connectivity index (χ0v) is 20.4. The van der Waals surface area contributed by atoms with E-state index in [4.69, 9.17) is 0 Å². The Labute approximate surface area is 198 Å². The first-order chi connectivity index (χ1) is 16.2. The van der Waals surface area contributed by atoms with Gasteiger partial charge in [0.2, 0.25) is 11.7 Å². The topological polar surface area (TPSA) is 75.7 Å². The summed E-state index contributed by atoms with van der Waals surface area (Å²) in [5.41, 5.74) is 0.855. The van der Waals surface area contributed by atoms with E-state index in [0.29, 0.717) is 25.2 Å². The molecular formula is C24H34N6O2S. The van der Waals surface area contributed by atoms with Gasteiger partial charge in [-0.25, -0.2) is 0 Å². The highest BCUT2D eigenvalue weighted by molar-refractivity contribution is 7.17. The van der Waals surface area contributed by atoms with Gasteiger partial charge in [0, 0.05) is 51.6 Å². The van der Waals surface area contributed by atoms with E-state index in [1.807, 2.05) is 20.7 Å². The summed E-state index contributed by atoms with van der Waals surface area (Å²) in [6, 6.07) is 2.68. The number of carbonyl (C=O) groups excluding carboxylic acids is 1. The summed E-state index contributed by atoms with van der Waals surface area (Å²) in [6.07, 6.45) is 9.56. The van der Waals surface area contributed by atoms with Crippen molar-refractivity contribution in [2.24, 2.45) is 0 Å². The van der Waals surface area contributed by atoms with Crippen LogP contribution < -0.4 is 5.56 Å². The van der Waals surface area contributed by atoms with Crippen molar-refractivity contribution in [2.45, 2.75) is 77.3 Å². The van der Waals surface area contributed by atoms with E-state index < -0.39 is 0 Å². The average molecular weight is 471 g/mol. The summed E-state index contributed by atoms with van der Waals surface area (Å²) < 4.78 is 4.45. The Hall–Kier alpha value is -2.26. The standard InChI is InChI=1S/C24H34N6O2S/c1-2-3-12-29-23(32)22-19(11-17-33-22)30-20(25-26-24(29)30)9-10-21(31)28-15-13-27(14-16-28)18-7-5-4-6-8-18/h11,17-18H,2-10,12-16H2,1H3. The minimum absolute atomic E-state index is 0.00631. The molecule has 178 valence electrons. The van der Waals surface area contributed by atoms with Gasteiger partial charge in [0.1, 0.15) is 10.5 Å². The zero-order chi connectivity index (χ0) is 22.8. The molecule has 3 aromatic heterocycles. The molecule has 0 unspecified atom stereocenters. The van der Waals surface area contributed by atoms with Crippen LogP contribution >= 0.6 is 11.3 Å². The fourth-order valence-corrected chi connectivity index (χ4v) is 6.24. The number of amides is 1. The van der Waals surface area contributed by atoms with E-state index in [2.05, 4.69) is 22.0 Å². The lowest BCUT2D eigenvalue weighted by Gasteiger charge is -2.40. The summed E-state index contributed by atoms with van der Waals surface area (Å²) in [6.45, 7) is 6.37. The van der Waals surface area contributed by atoms with E-state index in [0.717, 1.165) is 61.1 Å². The largest absolute Gasteiger partial charge is 0.340 e. The molecule has 1 amide bonds. The van der Waals surface area contributed by atoms with Gasteiger partial charge in [-0.1, -0.05) is 32.6 Å². The first-order valence-corrected chi connectivity index (χ1v) is 13.4. The van der Waals surface area contributed by atoms with Crippen molar-refractivity contribution in [2.75, 3.05) is 26.2 Å². The molecule has 3 aromatic rings. The number of aryl methyl sites for hydroxylation is 2. The molecule has 0 bridgehead atoms. The maximum atomic E-state index is 13.0. The number of thiophene rings is 1. The molecule has 8 nitrogen and oxygen atoms in total. The number of aromatic nitrogens is 4. The van der Waals surface area contributed by atoms with Gasteiger partial charge in [-0.3, -0.25) is 23.5 Å². The highest BCUT2D eigenvalue weighted by Crippen LogP contribution is 2.24. The number of hydrogen-bond donors (Lipinski definition) is 0. The molecule has 33 heavy (non-hydrogen) atoms. The van der Waals surface area contributed by atoms with Gasteiger partial charge < -0.3 is 4.90 Å². The van der Waals surface area contributed by atoms with E-state index in [-0.39, 0.29) is 11.5 Å². The molecule has 0 aromatic carbocycles. The number of piperazine rings is 1. The quantitative estimate of drug-likeness (QED) is 0.530. The number of fused-ring (bicyclic) bond motifs is 3. The second-order valence-electron chi connectivity index (χ2n) is 9.41. The molecule has 1 saturated carbocycles. The summed E-state index contributed by atoms with van der Waals surface area (Å²) in [5, 5.41) is 10.7. The van der Waals surface area contributed by atoms with Crippen LogP contribution in [-0.2, 0) is 17.8 Å². The third-order valence-corrected chi connectivity index (χ3v) is 8.23. The van der Waals surface area contributed by atoms with Crippen molar-refractivity contribution in [1.29, 1.82) is 0 Å². The van der Waals surface area contributed by atoms with E-state index >= 15 is 0 Å². The van der Waals surface area contributed by atoms with Crippen molar-refractivity contribution in [1.82, 2.24) is 29.0 Å². The second kappa shape index (κ2) is 9.93. The van der Waals surface area contributed by atoms with Gasteiger partial charge in [0.25, 0.3) is 5.56 Å². The SMILES string of the molecule is CCCCn1c(=O)c2sccc2n2c(CCC(=O)N3CCN(C4CCCCC4)CC3)nnc12. The van der Waals surface area contributed by atoms with Crippen LogP contribution in [0.3, 0.4) is 0 Å². The van der Waals surface area contributed by atoms with E-state index in [1.165, 1.54) is 43.4 Å². The molecule has 4 heterocycles. The Kier molecular flexibility index (Phi) is 6.78. The van der Waals surface area contributed by atoms with Crippen LogP contribution in [0.15, 0.2) is 16.2 Å². The fraction of sp³-hybridized carbons (Fsp3) is 0.667. The average Bonchev–Trinajstić information content (AvgIpc) is 3.50. The van der Waals surface area contributed by atoms with Crippen LogP contribution in [0.4, 0.5) is 0 Å². The second-order valence-corrected chi connectivity index (χ2v) is 10.3. The highest BCUT2D eigenvalue weighted by Gasteiger charge is 2.27. The molecular weight excluding hydrogens is 436 g/mol. The monoisotopic (exact) mass is 470 g/mol. The lowest BCUT2D eigenvalue weighted by molar-refractivity contribution is -0.133. The molecule has 1 aliphatic carbocycles. The number of carbonyl (C=O) groups is 1. The van der Waals surface area contributed by atoms with Gasteiger partial charge in [-0.15, -0.1) is 21.5 Å². The number of unbranched alkanes of at least 4 members (excludes halogenated alkanes) is 1. The summed E-state index contributed by atoms with van der Waals surface area (Å²) in [4.78, 5) is 30.6. The van der Waals surface area contributed by atoms with Crippen LogP contribution in [0.5, 0.6) is 0 Å². The molecule has 0 spiro atoms. The van der Waals surface area contributed by atoms with Crippen LogP contribution in [0.25, 0.3) is 16.0 Å². The van der Waals surface area contributed by atoms with Gasteiger partial charge in [-0.2, -0.15) is 0 Å². The smallest absolute Gasteiger partial charge is 0.272 e. The predicted molar refractivity (Wildman–Crippen MR) is 131 cm³/mol. The third kappa shape index (κ3) is 4.45. The third-order valence-electron chi connectivity index (χ3n) is 7.33. The van der Waals surface area contributed by atoms with Crippen LogP contribution in [0.2, 0.25) is 0 Å². The predicted octanol–water partition coefficient (Wildman–Crippen LogP) is 3.32. The van der Waals surface area contributed by atoms with Gasteiger partial charge in [0.05, 0.1) is 5.52 Å². The van der Waals surface area contributed by atoms with Gasteiger partial charge >= 0.3 is 0 Å². The van der Waals surface area contributed by atoms with Crippen molar-refractivity contribution in [3.8, 4) is 0 Å². The van der Waals surface area contributed by atoms with E-state index in [1.54, 1.807) is 4.57 Å². The van der Waals surface area contributed by atoms with Crippen LogP contribution in [-0.4, -0.2) is 67.1 Å². The summed E-state index contributed by atoms with van der Waals surface area (Å²) in [7, 11) is 0. The Balaban J connectivity index is 1.28.